The second-order valence-corrected chi connectivity index (χ2v) is 6.11. The van der Waals surface area contributed by atoms with E-state index in [1.165, 1.54) is 0 Å². The molecule has 0 saturated heterocycles. The molecule has 0 bridgehead atoms. The summed E-state index contributed by atoms with van der Waals surface area (Å²) in [4.78, 5) is 11.4. The molecule has 128 valence electrons. The SMILES string of the molecule is CCOC(=O)C(O)CC(N)Cc1ccc(-c2cccc(Cl)c2)cc1. The van der Waals surface area contributed by atoms with Crippen molar-refractivity contribution in [1.82, 2.24) is 0 Å². The van der Waals surface area contributed by atoms with Crippen molar-refractivity contribution < 1.29 is 14.6 Å². The molecule has 2 aromatic carbocycles. The minimum Gasteiger partial charge on any atom is -0.464 e. The summed E-state index contributed by atoms with van der Waals surface area (Å²) in [6.45, 7) is 1.95. The fourth-order valence-corrected chi connectivity index (χ4v) is 2.70. The van der Waals surface area contributed by atoms with Crippen molar-refractivity contribution in [3.63, 3.8) is 0 Å². The number of aliphatic hydroxyl groups is 1. The molecule has 0 amide bonds. The summed E-state index contributed by atoms with van der Waals surface area (Å²) in [5.74, 6) is -0.621. The second kappa shape index (κ2) is 8.83. The highest BCUT2D eigenvalue weighted by atomic mass is 35.5. The number of nitrogens with two attached hydrogens (primary N) is 1. The second-order valence-electron chi connectivity index (χ2n) is 5.68. The minimum atomic E-state index is -1.18. The molecule has 0 aliphatic carbocycles. The van der Waals surface area contributed by atoms with Crippen LogP contribution in [-0.4, -0.2) is 29.8 Å². The average Bonchev–Trinajstić information content (AvgIpc) is 2.55. The molecule has 2 atom stereocenters. The summed E-state index contributed by atoms with van der Waals surface area (Å²) in [6.07, 6.45) is -0.424. The van der Waals surface area contributed by atoms with Crippen LogP contribution in [0.5, 0.6) is 0 Å². The maximum atomic E-state index is 11.4. The molecule has 0 heterocycles. The number of esters is 1. The molecular formula is C19H22ClNO3. The third-order valence-electron chi connectivity index (χ3n) is 3.69. The first-order valence-electron chi connectivity index (χ1n) is 7.94. The first kappa shape index (κ1) is 18.5. The first-order chi connectivity index (χ1) is 11.5. The van der Waals surface area contributed by atoms with Crippen LogP contribution >= 0.6 is 11.6 Å². The van der Waals surface area contributed by atoms with Gasteiger partial charge in [-0.15, -0.1) is 0 Å². The van der Waals surface area contributed by atoms with E-state index in [0.717, 1.165) is 16.7 Å². The number of rotatable bonds is 7. The lowest BCUT2D eigenvalue weighted by Gasteiger charge is -2.15. The fourth-order valence-electron chi connectivity index (χ4n) is 2.51. The van der Waals surface area contributed by atoms with Crippen LogP contribution in [0.2, 0.25) is 5.02 Å². The van der Waals surface area contributed by atoms with Crippen molar-refractivity contribution in [2.45, 2.75) is 31.9 Å². The van der Waals surface area contributed by atoms with Gasteiger partial charge in [0.2, 0.25) is 0 Å². The number of halogens is 1. The molecule has 24 heavy (non-hydrogen) atoms. The van der Waals surface area contributed by atoms with Crippen LogP contribution < -0.4 is 5.73 Å². The van der Waals surface area contributed by atoms with E-state index < -0.39 is 12.1 Å². The van der Waals surface area contributed by atoms with Gasteiger partial charge in [0.1, 0.15) is 0 Å². The lowest BCUT2D eigenvalue weighted by Crippen LogP contribution is -2.33. The molecule has 2 rings (SSSR count). The Kier molecular flexibility index (Phi) is 6.79. The van der Waals surface area contributed by atoms with Crippen molar-refractivity contribution in [2.75, 3.05) is 6.61 Å². The largest absolute Gasteiger partial charge is 0.464 e. The molecule has 3 N–H and O–H groups in total. The Morgan fingerprint density at radius 2 is 1.92 bits per heavy atom. The van der Waals surface area contributed by atoms with E-state index in [4.69, 9.17) is 22.1 Å². The maximum Gasteiger partial charge on any atom is 0.335 e. The van der Waals surface area contributed by atoms with E-state index in [1.54, 1.807) is 6.92 Å². The van der Waals surface area contributed by atoms with Gasteiger partial charge < -0.3 is 15.6 Å². The van der Waals surface area contributed by atoms with Crippen molar-refractivity contribution in [3.8, 4) is 11.1 Å². The van der Waals surface area contributed by atoms with Crippen LogP contribution in [0.3, 0.4) is 0 Å². The van der Waals surface area contributed by atoms with Crippen molar-refractivity contribution >= 4 is 17.6 Å². The summed E-state index contributed by atoms with van der Waals surface area (Å²) < 4.78 is 4.77. The predicted octanol–water partition coefficient (Wildman–Crippen LogP) is 3.19. The molecule has 5 heteroatoms. The number of carbonyl (C=O) groups is 1. The summed E-state index contributed by atoms with van der Waals surface area (Å²) >= 11 is 6.01. The van der Waals surface area contributed by atoms with E-state index in [-0.39, 0.29) is 19.1 Å². The Bertz CT molecular complexity index is 673. The van der Waals surface area contributed by atoms with E-state index in [2.05, 4.69) is 0 Å². The smallest absolute Gasteiger partial charge is 0.335 e. The molecule has 0 aliphatic rings. The van der Waals surface area contributed by atoms with Gasteiger partial charge in [0.05, 0.1) is 6.61 Å². The van der Waals surface area contributed by atoms with Gasteiger partial charge in [0.15, 0.2) is 6.10 Å². The number of hydrogen-bond acceptors (Lipinski definition) is 4. The van der Waals surface area contributed by atoms with Crippen LogP contribution in [0, 0.1) is 0 Å². The average molecular weight is 348 g/mol. The molecule has 4 nitrogen and oxygen atoms in total. The third kappa shape index (κ3) is 5.34. The highest BCUT2D eigenvalue weighted by molar-refractivity contribution is 6.30. The van der Waals surface area contributed by atoms with Crippen LogP contribution in [0.15, 0.2) is 48.5 Å². The van der Waals surface area contributed by atoms with E-state index >= 15 is 0 Å². The number of carbonyl (C=O) groups excluding carboxylic acids is 1. The zero-order chi connectivity index (χ0) is 17.5. The quantitative estimate of drug-likeness (QED) is 0.754. The minimum absolute atomic E-state index is 0.175. The highest BCUT2D eigenvalue weighted by Crippen LogP contribution is 2.23. The first-order valence-corrected chi connectivity index (χ1v) is 8.32. The number of ether oxygens (including phenoxy) is 1. The summed E-state index contributed by atoms with van der Waals surface area (Å²) in [7, 11) is 0. The topological polar surface area (TPSA) is 72.5 Å². The van der Waals surface area contributed by atoms with Gasteiger partial charge in [-0.05, 0) is 48.6 Å². The molecule has 0 fully saturated rings. The van der Waals surface area contributed by atoms with E-state index in [1.807, 2.05) is 48.5 Å². The van der Waals surface area contributed by atoms with Crippen LogP contribution in [-0.2, 0) is 16.0 Å². The lowest BCUT2D eigenvalue weighted by atomic mass is 9.98. The van der Waals surface area contributed by atoms with Gasteiger partial charge in [-0.2, -0.15) is 0 Å². The van der Waals surface area contributed by atoms with E-state index in [9.17, 15) is 9.90 Å². The maximum absolute atomic E-state index is 11.4. The van der Waals surface area contributed by atoms with Gasteiger partial charge in [-0.1, -0.05) is 48.0 Å². The van der Waals surface area contributed by atoms with Crippen LogP contribution in [0.4, 0.5) is 0 Å². The van der Waals surface area contributed by atoms with E-state index in [0.29, 0.717) is 11.4 Å². The summed E-state index contributed by atoms with van der Waals surface area (Å²) in [5, 5.41) is 10.4. The van der Waals surface area contributed by atoms with Gasteiger partial charge in [0.25, 0.3) is 0 Å². The molecule has 2 aromatic rings. The molecule has 0 saturated carbocycles. The molecule has 0 aromatic heterocycles. The fraction of sp³-hybridized carbons (Fsp3) is 0.316. The van der Waals surface area contributed by atoms with Gasteiger partial charge in [-0.3, -0.25) is 0 Å². The predicted molar refractivity (Wildman–Crippen MR) is 95.8 cm³/mol. The monoisotopic (exact) mass is 347 g/mol. The van der Waals surface area contributed by atoms with Gasteiger partial charge in [0, 0.05) is 11.1 Å². The lowest BCUT2D eigenvalue weighted by molar-refractivity contribution is -0.153. The molecule has 0 spiro atoms. The Balaban J connectivity index is 1.95. The van der Waals surface area contributed by atoms with Crippen molar-refractivity contribution in [2.24, 2.45) is 5.73 Å². The van der Waals surface area contributed by atoms with Crippen molar-refractivity contribution in [3.05, 3.63) is 59.1 Å². The molecule has 2 unspecified atom stereocenters. The zero-order valence-corrected chi connectivity index (χ0v) is 14.4. The summed E-state index contributed by atoms with van der Waals surface area (Å²) in [5.41, 5.74) is 9.19. The van der Waals surface area contributed by atoms with Crippen LogP contribution in [0.1, 0.15) is 18.9 Å². The molecule has 0 radical (unpaired) electrons. The molecular weight excluding hydrogens is 326 g/mol. The Labute approximate surface area is 147 Å². The standard InChI is InChI=1S/C19H22ClNO3/c1-2-24-19(23)18(22)12-17(21)10-13-6-8-14(9-7-13)15-4-3-5-16(20)11-15/h3-9,11,17-18,22H,2,10,12,21H2,1H3. The number of aliphatic hydroxyl groups excluding tert-OH is 1. The summed E-state index contributed by atoms with van der Waals surface area (Å²) in [6, 6.07) is 15.4. The normalized spacial score (nSPS) is 13.3. The Morgan fingerprint density at radius 1 is 1.21 bits per heavy atom. The Hall–Kier alpha value is -1.88. The zero-order valence-electron chi connectivity index (χ0n) is 13.6. The highest BCUT2D eigenvalue weighted by Gasteiger charge is 2.19. The van der Waals surface area contributed by atoms with Crippen LogP contribution in [0.25, 0.3) is 11.1 Å². The molecule has 0 aliphatic heterocycles. The number of hydrogen-bond donors (Lipinski definition) is 2. The third-order valence-corrected chi connectivity index (χ3v) is 3.93. The van der Waals surface area contributed by atoms with Crippen molar-refractivity contribution in [1.29, 1.82) is 0 Å². The van der Waals surface area contributed by atoms with Gasteiger partial charge >= 0.3 is 5.97 Å². The Morgan fingerprint density at radius 3 is 2.54 bits per heavy atom. The van der Waals surface area contributed by atoms with Gasteiger partial charge in [-0.25, -0.2) is 4.79 Å². The number of benzene rings is 2.